The summed E-state index contributed by atoms with van der Waals surface area (Å²) in [5, 5.41) is 8.87. The van der Waals surface area contributed by atoms with Crippen LogP contribution >= 0.6 is 0 Å². The van der Waals surface area contributed by atoms with E-state index in [1.54, 1.807) is 12.1 Å². The van der Waals surface area contributed by atoms with E-state index in [1.807, 2.05) is 26.0 Å². The molecule has 18 heavy (non-hydrogen) atoms. The predicted molar refractivity (Wildman–Crippen MR) is 70.1 cm³/mol. The topological polar surface area (TPSA) is 68.2 Å². The Hall–Kier alpha value is -2.07. The molecular formula is C14H16N2O2. The molecule has 1 aromatic carbocycles. The molecule has 0 bridgehead atoms. The zero-order valence-electron chi connectivity index (χ0n) is 10.5. The molecule has 0 radical (unpaired) electrons. The number of hydrogen-bond donors (Lipinski definition) is 2. The third-order valence-electron chi connectivity index (χ3n) is 3.13. The molecule has 2 rings (SSSR count). The van der Waals surface area contributed by atoms with Gasteiger partial charge in [0, 0.05) is 23.6 Å². The van der Waals surface area contributed by atoms with Crippen LogP contribution in [-0.2, 0) is 6.54 Å². The van der Waals surface area contributed by atoms with Gasteiger partial charge >= 0.3 is 5.97 Å². The van der Waals surface area contributed by atoms with Crippen molar-refractivity contribution in [3.8, 4) is 5.69 Å². The molecule has 0 spiro atoms. The van der Waals surface area contributed by atoms with Crippen molar-refractivity contribution in [1.82, 2.24) is 4.57 Å². The molecule has 0 amide bonds. The molecule has 2 aromatic rings. The fraction of sp³-hybridized carbons (Fsp3) is 0.214. The Morgan fingerprint density at radius 3 is 2.33 bits per heavy atom. The highest BCUT2D eigenvalue weighted by atomic mass is 16.4. The zero-order chi connectivity index (χ0) is 13.3. The SMILES string of the molecule is Cc1cc(CN)c(C)n1-c1ccc(C(=O)O)cc1. The number of carbonyl (C=O) groups is 1. The van der Waals surface area contributed by atoms with E-state index in [0.29, 0.717) is 12.1 Å². The number of carboxylic acid groups (broad SMARTS) is 1. The molecule has 0 atom stereocenters. The minimum atomic E-state index is -0.912. The summed E-state index contributed by atoms with van der Waals surface area (Å²) in [5.74, 6) is -0.912. The minimum Gasteiger partial charge on any atom is -0.478 e. The first kappa shape index (κ1) is 12.4. The van der Waals surface area contributed by atoms with Crippen molar-refractivity contribution in [2.75, 3.05) is 0 Å². The van der Waals surface area contributed by atoms with Gasteiger partial charge in [-0.3, -0.25) is 0 Å². The lowest BCUT2D eigenvalue weighted by molar-refractivity contribution is 0.0697. The number of nitrogens with zero attached hydrogens (tertiary/aromatic N) is 1. The summed E-state index contributed by atoms with van der Waals surface area (Å²) in [6, 6.07) is 8.89. The van der Waals surface area contributed by atoms with Crippen LogP contribution in [0.5, 0.6) is 0 Å². The van der Waals surface area contributed by atoms with Crippen molar-refractivity contribution in [2.24, 2.45) is 5.73 Å². The van der Waals surface area contributed by atoms with Crippen LogP contribution in [0, 0.1) is 13.8 Å². The van der Waals surface area contributed by atoms with E-state index in [1.165, 1.54) is 0 Å². The Kier molecular flexibility index (Phi) is 3.21. The van der Waals surface area contributed by atoms with Crippen molar-refractivity contribution < 1.29 is 9.90 Å². The summed E-state index contributed by atoms with van der Waals surface area (Å²) in [7, 11) is 0. The molecule has 4 heteroatoms. The van der Waals surface area contributed by atoms with Gasteiger partial charge in [-0.1, -0.05) is 0 Å². The van der Waals surface area contributed by atoms with Crippen molar-refractivity contribution in [2.45, 2.75) is 20.4 Å². The highest BCUT2D eigenvalue weighted by molar-refractivity contribution is 5.87. The monoisotopic (exact) mass is 244 g/mol. The van der Waals surface area contributed by atoms with Gasteiger partial charge in [0.05, 0.1) is 5.56 Å². The molecule has 1 aromatic heterocycles. The van der Waals surface area contributed by atoms with Crippen LogP contribution in [0.4, 0.5) is 0 Å². The number of rotatable bonds is 3. The first-order valence-electron chi connectivity index (χ1n) is 5.76. The molecule has 4 nitrogen and oxygen atoms in total. The fourth-order valence-electron chi connectivity index (χ4n) is 2.19. The Morgan fingerprint density at radius 2 is 1.89 bits per heavy atom. The first-order chi connectivity index (χ1) is 8.54. The van der Waals surface area contributed by atoms with E-state index in [4.69, 9.17) is 10.8 Å². The van der Waals surface area contributed by atoms with Crippen LogP contribution in [0.1, 0.15) is 27.3 Å². The third-order valence-corrected chi connectivity index (χ3v) is 3.13. The third kappa shape index (κ3) is 2.02. The summed E-state index contributed by atoms with van der Waals surface area (Å²) >= 11 is 0. The van der Waals surface area contributed by atoms with Gasteiger partial charge in [0.15, 0.2) is 0 Å². The average Bonchev–Trinajstić information content (AvgIpc) is 2.64. The molecule has 0 saturated carbocycles. The summed E-state index contributed by atoms with van der Waals surface area (Å²) in [6.45, 7) is 4.53. The van der Waals surface area contributed by atoms with Gasteiger partial charge in [-0.25, -0.2) is 4.79 Å². The normalized spacial score (nSPS) is 10.6. The van der Waals surface area contributed by atoms with Crippen molar-refractivity contribution in [3.63, 3.8) is 0 Å². The number of aryl methyl sites for hydroxylation is 1. The molecule has 0 aliphatic carbocycles. The van der Waals surface area contributed by atoms with Gasteiger partial charge < -0.3 is 15.4 Å². The second-order valence-corrected chi connectivity index (χ2v) is 4.29. The Labute approximate surface area is 106 Å². The number of benzene rings is 1. The van der Waals surface area contributed by atoms with Gasteiger partial charge in [0.1, 0.15) is 0 Å². The Morgan fingerprint density at radius 1 is 1.28 bits per heavy atom. The van der Waals surface area contributed by atoms with Gasteiger partial charge in [-0.2, -0.15) is 0 Å². The van der Waals surface area contributed by atoms with Crippen LogP contribution in [0.3, 0.4) is 0 Å². The summed E-state index contributed by atoms with van der Waals surface area (Å²) in [6.07, 6.45) is 0. The number of nitrogens with two attached hydrogens (primary N) is 1. The van der Waals surface area contributed by atoms with Crippen LogP contribution in [0.2, 0.25) is 0 Å². The first-order valence-corrected chi connectivity index (χ1v) is 5.76. The standard InChI is InChI=1S/C14H16N2O2/c1-9-7-12(8-15)10(2)16(9)13-5-3-11(4-6-13)14(17)18/h3-7H,8,15H2,1-2H3,(H,17,18). The van der Waals surface area contributed by atoms with E-state index in [9.17, 15) is 4.79 Å². The molecule has 0 fully saturated rings. The summed E-state index contributed by atoms with van der Waals surface area (Å²) < 4.78 is 2.08. The predicted octanol–water partition coefficient (Wildman–Crippen LogP) is 2.25. The van der Waals surface area contributed by atoms with Crippen LogP contribution in [0.25, 0.3) is 5.69 Å². The maximum atomic E-state index is 10.8. The van der Waals surface area contributed by atoms with E-state index >= 15 is 0 Å². The maximum Gasteiger partial charge on any atom is 0.335 e. The van der Waals surface area contributed by atoms with Crippen LogP contribution < -0.4 is 5.73 Å². The highest BCUT2D eigenvalue weighted by Crippen LogP contribution is 2.20. The number of aromatic carboxylic acids is 1. The zero-order valence-corrected chi connectivity index (χ0v) is 10.5. The quantitative estimate of drug-likeness (QED) is 0.870. The van der Waals surface area contributed by atoms with E-state index < -0.39 is 5.97 Å². The van der Waals surface area contributed by atoms with E-state index in [-0.39, 0.29) is 0 Å². The summed E-state index contributed by atoms with van der Waals surface area (Å²) in [5.41, 5.74) is 10.2. The smallest absolute Gasteiger partial charge is 0.335 e. The maximum absolute atomic E-state index is 10.8. The van der Waals surface area contributed by atoms with Gasteiger partial charge in [-0.05, 0) is 49.7 Å². The lowest BCUT2D eigenvalue weighted by Crippen LogP contribution is -2.03. The van der Waals surface area contributed by atoms with Gasteiger partial charge in [-0.15, -0.1) is 0 Å². The molecule has 0 saturated heterocycles. The van der Waals surface area contributed by atoms with E-state index in [0.717, 1.165) is 22.6 Å². The molecule has 0 unspecified atom stereocenters. The minimum absolute atomic E-state index is 0.292. The van der Waals surface area contributed by atoms with Gasteiger partial charge in [0.25, 0.3) is 0 Å². The lowest BCUT2D eigenvalue weighted by Gasteiger charge is -2.10. The van der Waals surface area contributed by atoms with Crippen LogP contribution in [0.15, 0.2) is 30.3 Å². The second kappa shape index (κ2) is 4.66. The summed E-state index contributed by atoms with van der Waals surface area (Å²) in [4.78, 5) is 10.8. The largest absolute Gasteiger partial charge is 0.478 e. The molecule has 0 aliphatic heterocycles. The molecule has 0 aliphatic rings. The fourth-order valence-corrected chi connectivity index (χ4v) is 2.19. The van der Waals surface area contributed by atoms with Crippen molar-refractivity contribution >= 4 is 5.97 Å². The van der Waals surface area contributed by atoms with E-state index in [2.05, 4.69) is 10.6 Å². The Bertz CT molecular complexity index is 583. The van der Waals surface area contributed by atoms with Crippen LogP contribution in [-0.4, -0.2) is 15.6 Å². The lowest BCUT2D eigenvalue weighted by atomic mass is 10.2. The van der Waals surface area contributed by atoms with Crippen molar-refractivity contribution in [1.29, 1.82) is 0 Å². The second-order valence-electron chi connectivity index (χ2n) is 4.29. The van der Waals surface area contributed by atoms with Crippen molar-refractivity contribution in [3.05, 3.63) is 52.8 Å². The number of carboxylic acids is 1. The molecule has 94 valence electrons. The Balaban J connectivity index is 2.49. The number of aromatic nitrogens is 1. The average molecular weight is 244 g/mol. The van der Waals surface area contributed by atoms with Gasteiger partial charge in [0.2, 0.25) is 0 Å². The molecular weight excluding hydrogens is 228 g/mol. The number of hydrogen-bond acceptors (Lipinski definition) is 2. The molecule has 3 N–H and O–H groups in total. The molecule has 1 heterocycles. The highest BCUT2D eigenvalue weighted by Gasteiger charge is 2.10.